The second-order valence-electron chi connectivity index (χ2n) is 6.81. The van der Waals surface area contributed by atoms with Crippen molar-refractivity contribution in [2.45, 2.75) is 24.9 Å². The number of rotatable bonds is 9. The first kappa shape index (κ1) is 26.6. The average molecular weight is 531 g/mol. The number of nitrogens with one attached hydrogen (secondary N) is 4. The molecule has 33 heavy (non-hydrogen) atoms. The van der Waals surface area contributed by atoms with Crippen molar-refractivity contribution in [1.29, 1.82) is 0 Å². The molecule has 15 nitrogen and oxygen atoms in total. The van der Waals surface area contributed by atoms with Crippen LogP contribution in [-0.2, 0) is 9.59 Å². The molecule has 170 valence electrons. The van der Waals surface area contributed by atoms with Crippen LogP contribution >= 0.6 is 0 Å². The molecule has 1 aliphatic heterocycles. The zero-order chi connectivity index (χ0) is 23.3. The predicted molar refractivity (Wildman–Crippen MR) is 112 cm³/mol. The molecule has 0 aliphatic carbocycles. The van der Waals surface area contributed by atoms with Crippen LogP contribution in [0, 0.1) is 6.20 Å². The molecule has 3 rings (SSSR count). The minimum atomic E-state index is -1.37. The fraction of sp³-hybridized carbons (Fsp3) is 0.353. The molecule has 1 aliphatic rings. The van der Waals surface area contributed by atoms with Crippen molar-refractivity contribution in [3.63, 3.8) is 0 Å². The number of anilines is 5. The zero-order valence-electron chi connectivity index (χ0n) is 17.6. The summed E-state index contributed by atoms with van der Waals surface area (Å²) in [5, 5.41) is 29.3. The van der Waals surface area contributed by atoms with Crippen LogP contribution in [0.1, 0.15) is 23.3 Å². The van der Waals surface area contributed by atoms with Gasteiger partial charge in [0.1, 0.15) is 11.7 Å². The van der Waals surface area contributed by atoms with Crippen molar-refractivity contribution < 1.29 is 82.8 Å². The minimum Gasteiger partial charge on any atom is -0.481 e. The first-order valence-corrected chi connectivity index (χ1v) is 9.40. The number of nitrogen functional groups attached to an aromatic ring is 2. The number of carboxylic acids is 2. The minimum absolute atomic E-state index is 0. The molecular formula is C17H21N10O5Rb. The Kier molecular flexibility index (Phi) is 9.69. The van der Waals surface area contributed by atoms with Gasteiger partial charge < -0.3 is 52.7 Å². The molecule has 0 saturated heterocycles. The van der Waals surface area contributed by atoms with Gasteiger partial charge in [-0.05, 0) is 12.6 Å². The molecular weight excluding hydrogens is 510 g/mol. The number of carbonyl (C=O) groups is 3. The first-order valence-electron chi connectivity index (χ1n) is 9.40. The van der Waals surface area contributed by atoms with Crippen molar-refractivity contribution in [2.75, 3.05) is 40.5 Å². The van der Waals surface area contributed by atoms with Gasteiger partial charge in [0, 0.05) is 37.2 Å². The summed E-state index contributed by atoms with van der Waals surface area (Å²) in [7, 11) is 0. The molecule has 2 atom stereocenters. The van der Waals surface area contributed by atoms with E-state index in [1.54, 1.807) is 0 Å². The van der Waals surface area contributed by atoms with Crippen molar-refractivity contribution in [3.8, 4) is 0 Å². The largest absolute Gasteiger partial charge is 1.00 e. The van der Waals surface area contributed by atoms with Crippen LogP contribution < -0.4 is 90.9 Å². The van der Waals surface area contributed by atoms with Crippen molar-refractivity contribution >= 4 is 46.9 Å². The number of fused-ring (bicyclic) bond motifs is 1. The van der Waals surface area contributed by atoms with Gasteiger partial charge in [0.05, 0.1) is 6.04 Å². The van der Waals surface area contributed by atoms with Gasteiger partial charge in [0.25, 0.3) is 0 Å². The molecule has 0 aromatic carbocycles. The van der Waals surface area contributed by atoms with E-state index in [1.807, 2.05) is 0 Å². The molecule has 0 bridgehead atoms. The van der Waals surface area contributed by atoms with Crippen LogP contribution in [-0.4, -0.2) is 73.2 Å². The molecule has 2 aromatic rings. The van der Waals surface area contributed by atoms with E-state index < -0.39 is 30.3 Å². The molecule has 10 N–H and O–H groups in total. The van der Waals surface area contributed by atoms with Crippen molar-refractivity contribution in [2.24, 2.45) is 0 Å². The first-order chi connectivity index (χ1) is 15.2. The standard InChI is InChI=1S/C17H21N10O5.Rb/c18-13-12-14(27-17(19)26-13)23-4-7(24-12)3-21-10-6-20-9(5-22-10)15(30)25-8(16(31)32)1-2-11(28)29;/h6-8,24H,1-4H2,(H,21,22)(H,25,30)(H,28,29)(H,31,32)(H5,18,19,23,26,27);/q-1;+1. The van der Waals surface area contributed by atoms with E-state index in [0.29, 0.717) is 30.4 Å². The molecule has 2 unspecified atom stereocenters. The van der Waals surface area contributed by atoms with Gasteiger partial charge in [-0.15, -0.1) is 0 Å². The summed E-state index contributed by atoms with van der Waals surface area (Å²) >= 11 is 0. The zero-order valence-corrected chi connectivity index (χ0v) is 22.5. The Bertz CT molecular complexity index is 1020. The van der Waals surface area contributed by atoms with Gasteiger partial charge >= 0.3 is 70.1 Å². The Morgan fingerprint density at radius 3 is 2.67 bits per heavy atom. The van der Waals surface area contributed by atoms with Crippen LogP contribution in [0.5, 0.6) is 0 Å². The van der Waals surface area contributed by atoms with Crippen LogP contribution in [0.15, 0.2) is 6.20 Å². The monoisotopic (exact) mass is 530 g/mol. The predicted octanol–water partition coefficient (Wildman–Crippen LogP) is -4.40. The summed E-state index contributed by atoms with van der Waals surface area (Å²) in [6, 6.07) is -1.47. The van der Waals surface area contributed by atoms with Gasteiger partial charge in [-0.1, -0.05) is 0 Å². The summed E-state index contributed by atoms with van der Waals surface area (Å²) < 4.78 is 0. The van der Waals surface area contributed by atoms with Crippen LogP contribution in [0.2, 0.25) is 0 Å². The number of nitrogens with zero attached hydrogens (tertiary/aromatic N) is 4. The van der Waals surface area contributed by atoms with E-state index in [9.17, 15) is 14.4 Å². The van der Waals surface area contributed by atoms with E-state index in [4.69, 9.17) is 21.7 Å². The Labute approximate surface area is 236 Å². The molecule has 16 heteroatoms. The number of amides is 1. The van der Waals surface area contributed by atoms with E-state index in [0.717, 1.165) is 0 Å². The number of aromatic nitrogens is 4. The molecule has 0 fully saturated rings. The molecule has 1 amide bonds. The smallest absolute Gasteiger partial charge is 0.481 e. The summed E-state index contributed by atoms with van der Waals surface area (Å²) in [6.45, 7) is 0.918. The maximum absolute atomic E-state index is 12.2. The van der Waals surface area contributed by atoms with Crippen LogP contribution in [0.25, 0.3) is 0 Å². The number of hydrogen-bond acceptors (Lipinski definition) is 12. The fourth-order valence-electron chi connectivity index (χ4n) is 2.84. The molecule has 0 spiro atoms. The van der Waals surface area contributed by atoms with Gasteiger partial charge in [0.15, 0.2) is 17.5 Å². The molecule has 3 heterocycles. The number of carboxylic acid groups (broad SMARTS) is 2. The summed E-state index contributed by atoms with van der Waals surface area (Å²) in [5.74, 6) is -2.22. The van der Waals surface area contributed by atoms with E-state index in [2.05, 4.69) is 47.4 Å². The van der Waals surface area contributed by atoms with E-state index in [-0.39, 0.29) is 88.1 Å². The SMILES string of the molecule is Nc1nc(N)c2c(n1)NCC(CNc1cnc(C(=O)NC(CCC(=O)O)C(=O)O)[c-]n1)N2.[Rb+]. The van der Waals surface area contributed by atoms with Crippen molar-refractivity contribution in [3.05, 3.63) is 18.1 Å². The Morgan fingerprint density at radius 1 is 1.27 bits per heavy atom. The summed E-state index contributed by atoms with van der Waals surface area (Å²) in [4.78, 5) is 49.8. The van der Waals surface area contributed by atoms with Crippen LogP contribution in [0.3, 0.4) is 0 Å². The summed E-state index contributed by atoms with van der Waals surface area (Å²) in [6.07, 6.45) is 3.05. The number of carbonyl (C=O) groups excluding carboxylic acids is 1. The third kappa shape index (κ3) is 7.45. The van der Waals surface area contributed by atoms with Crippen LogP contribution in [0.4, 0.5) is 29.1 Å². The number of aliphatic carboxylic acids is 2. The molecule has 2 aromatic heterocycles. The maximum Gasteiger partial charge on any atom is 1.00 e. The number of hydrogen-bond donors (Lipinski definition) is 8. The second kappa shape index (κ2) is 12.0. The normalized spacial score (nSPS) is 15.0. The fourth-order valence-corrected chi connectivity index (χ4v) is 2.84. The Balaban J connectivity index is 0.00000385. The molecule has 0 radical (unpaired) electrons. The van der Waals surface area contributed by atoms with E-state index >= 15 is 0 Å². The average Bonchev–Trinajstić information content (AvgIpc) is 2.75. The quantitative estimate of drug-likeness (QED) is 0.143. The maximum atomic E-state index is 12.2. The van der Waals surface area contributed by atoms with E-state index in [1.165, 1.54) is 6.20 Å². The van der Waals surface area contributed by atoms with Gasteiger partial charge in [-0.3, -0.25) is 14.6 Å². The Morgan fingerprint density at radius 2 is 2.03 bits per heavy atom. The van der Waals surface area contributed by atoms with Gasteiger partial charge in [0.2, 0.25) is 5.95 Å². The summed E-state index contributed by atoms with van der Waals surface area (Å²) in [5.41, 5.74) is 11.7. The Hall–Kier alpha value is -2.62. The van der Waals surface area contributed by atoms with Gasteiger partial charge in [-0.25, -0.2) is 0 Å². The van der Waals surface area contributed by atoms with Gasteiger partial charge in [-0.2, -0.15) is 9.97 Å². The number of nitrogens with two attached hydrogens (primary N) is 2. The second-order valence-corrected chi connectivity index (χ2v) is 6.81. The topological polar surface area (TPSA) is 243 Å². The third-order valence-electron chi connectivity index (χ3n) is 4.41. The molecule has 0 saturated carbocycles. The van der Waals surface area contributed by atoms with Crippen molar-refractivity contribution in [1.82, 2.24) is 25.3 Å². The third-order valence-corrected chi connectivity index (χ3v) is 4.41.